The third kappa shape index (κ3) is 5.09. The number of nitrogens with two attached hydrogens (primary N) is 2. The van der Waals surface area contributed by atoms with E-state index in [-0.39, 0.29) is 28.9 Å². The summed E-state index contributed by atoms with van der Waals surface area (Å²) in [5, 5.41) is 1.48. The highest BCUT2D eigenvalue weighted by molar-refractivity contribution is 8.93. The molecule has 8 heteroatoms. The number of hydroxylamine groups is 2. The summed E-state index contributed by atoms with van der Waals surface area (Å²) < 4.78 is 5.93. The smallest absolute Gasteiger partial charge is 0.226 e. The van der Waals surface area contributed by atoms with Gasteiger partial charge in [0.15, 0.2) is 5.66 Å². The molecule has 0 spiro atoms. The molecule has 25 heavy (non-hydrogen) atoms. The fourth-order valence-electron chi connectivity index (χ4n) is 2.55. The zero-order chi connectivity index (χ0) is 17.9. The van der Waals surface area contributed by atoms with Crippen LogP contribution in [-0.2, 0) is 4.84 Å². The quantitative estimate of drug-likeness (QED) is 0.698. The van der Waals surface area contributed by atoms with Crippen molar-refractivity contribution in [3.8, 4) is 5.75 Å². The van der Waals surface area contributed by atoms with E-state index in [1.54, 1.807) is 0 Å². The monoisotopic (exact) mass is 413 g/mol. The average Bonchev–Trinajstić information content (AvgIpc) is 2.47. The highest BCUT2D eigenvalue weighted by Gasteiger charge is 2.32. The molecule has 0 amide bonds. The maximum atomic E-state index is 5.93. The van der Waals surface area contributed by atoms with E-state index in [2.05, 4.69) is 36.0 Å². The molecule has 1 aromatic rings. The molecule has 1 aliphatic rings. The highest BCUT2D eigenvalue weighted by Crippen LogP contribution is 2.26. The van der Waals surface area contributed by atoms with E-state index in [4.69, 9.17) is 21.0 Å². The first-order valence-electron chi connectivity index (χ1n) is 8.04. The summed E-state index contributed by atoms with van der Waals surface area (Å²) in [6.45, 7) is 10.9. The lowest BCUT2D eigenvalue weighted by Gasteiger charge is -2.36. The number of guanidine groups is 2. The Labute approximate surface area is 159 Å². The standard InChI is InChI=1S/C17H27N5O2.BrH/c1-11-7-8-12(2)14(13(11)3)23-9-6-10-24-22-16(19)20-15(18)21-17(22,4)5;/h7-8H,6,9-10H2,1-5H3,(H4,18,19,20,21);1H. The van der Waals surface area contributed by atoms with Gasteiger partial charge in [-0.15, -0.1) is 17.0 Å². The predicted molar refractivity (Wildman–Crippen MR) is 106 cm³/mol. The van der Waals surface area contributed by atoms with Crippen LogP contribution in [0.3, 0.4) is 0 Å². The lowest BCUT2D eigenvalue weighted by atomic mass is 10.1. The molecule has 0 saturated heterocycles. The molecule has 140 valence electrons. The number of aliphatic imine (C=N–C) groups is 2. The first-order valence-corrected chi connectivity index (χ1v) is 8.04. The van der Waals surface area contributed by atoms with Gasteiger partial charge in [0, 0.05) is 6.42 Å². The van der Waals surface area contributed by atoms with Crippen molar-refractivity contribution in [1.82, 2.24) is 5.06 Å². The fraction of sp³-hybridized carbons (Fsp3) is 0.529. The van der Waals surface area contributed by atoms with Crippen molar-refractivity contribution in [2.24, 2.45) is 21.5 Å². The van der Waals surface area contributed by atoms with Gasteiger partial charge in [0.2, 0.25) is 11.9 Å². The van der Waals surface area contributed by atoms with Crippen molar-refractivity contribution in [2.45, 2.75) is 46.7 Å². The number of nitrogens with zero attached hydrogens (tertiary/aromatic N) is 3. The predicted octanol–water partition coefficient (Wildman–Crippen LogP) is 2.57. The van der Waals surface area contributed by atoms with Crippen LogP contribution >= 0.6 is 17.0 Å². The van der Waals surface area contributed by atoms with Gasteiger partial charge in [0.05, 0.1) is 13.2 Å². The highest BCUT2D eigenvalue weighted by atomic mass is 79.9. The Morgan fingerprint density at radius 3 is 2.36 bits per heavy atom. The lowest BCUT2D eigenvalue weighted by Crippen LogP contribution is -2.53. The molecule has 0 aromatic heterocycles. The summed E-state index contributed by atoms with van der Waals surface area (Å²) in [6, 6.07) is 4.18. The molecule has 0 saturated carbocycles. The molecule has 4 N–H and O–H groups in total. The van der Waals surface area contributed by atoms with E-state index in [1.807, 2.05) is 20.8 Å². The third-order valence-electron chi connectivity index (χ3n) is 3.95. The topological polar surface area (TPSA) is 98.5 Å². The SMILES string of the molecule is Br.Cc1ccc(C)c(OCCCON2C(N)=NC(N)=NC2(C)C)c1C. The summed E-state index contributed by atoms with van der Waals surface area (Å²) in [4.78, 5) is 13.9. The largest absolute Gasteiger partial charge is 0.493 e. The van der Waals surface area contributed by atoms with Gasteiger partial charge in [-0.1, -0.05) is 12.1 Å². The molecule has 0 bridgehead atoms. The Morgan fingerprint density at radius 2 is 1.72 bits per heavy atom. The number of hydrogen-bond donors (Lipinski definition) is 2. The van der Waals surface area contributed by atoms with Crippen LogP contribution in [0.2, 0.25) is 0 Å². The van der Waals surface area contributed by atoms with Crippen molar-refractivity contribution < 1.29 is 9.57 Å². The molecule has 1 aromatic carbocycles. The Bertz CT molecular complexity index is 673. The minimum atomic E-state index is -0.680. The van der Waals surface area contributed by atoms with Crippen LogP contribution in [0.25, 0.3) is 0 Å². The van der Waals surface area contributed by atoms with Crippen LogP contribution < -0.4 is 16.2 Å². The Morgan fingerprint density at radius 1 is 1.08 bits per heavy atom. The van der Waals surface area contributed by atoms with Crippen molar-refractivity contribution in [1.29, 1.82) is 0 Å². The van der Waals surface area contributed by atoms with Gasteiger partial charge in [0.25, 0.3) is 0 Å². The molecule has 0 unspecified atom stereocenters. The molecule has 1 aliphatic heterocycles. The Kier molecular flexibility index (Phi) is 7.25. The second-order valence-electron chi connectivity index (χ2n) is 6.42. The summed E-state index contributed by atoms with van der Waals surface area (Å²) in [7, 11) is 0. The number of ether oxygens (including phenoxy) is 1. The molecular formula is C17H28BrN5O2. The van der Waals surface area contributed by atoms with E-state index in [0.29, 0.717) is 19.6 Å². The van der Waals surface area contributed by atoms with Crippen molar-refractivity contribution >= 4 is 28.9 Å². The number of aryl methyl sites for hydroxylation is 2. The van der Waals surface area contributed by atoms with Gasteiger partial charge in [0.1, 0.15) is 5.75 Å². The Hall–Kier alpha value is -1.80. The molecule has 0 radical (unpaired) electrons. The van der Waals surface area contributed by atoms with Crippen LogP contribution in [0, 0.1) is 20.8 Å². The molecular weight excluding hydrogens is 386 g/mol. The van der Waals surface area contributed by atoms with E-state index >= 15 is 0 Å². The summed E-state index contributed by atoms with van der Waals surface area (Å²) >= 11 is 0. The molecule has 1 heterocycles. The van der Waals surface area contributed by atoms with Gasteiger partial charge in [-0.25, -0.2) is 4.99 Å². The first-order chi connectivity index (χ1) is 11.2. The van der Waals surface area contributed by atoms with E-state index in [9.17, 15) is 0 Å². The lowest BCUT2D eigenvalue weighted by molar-refractivity contribution is -0.158. The van der Waals surface area contributed by atoms with Gasteiger partial charge in [-0.3, -0.25) is 4.84 Å². The maximum Gasteiger partial charge on any atom is 0.226 e. The van der Waals surface area contributed by atoms with Gasteiger partial charge in [-0.05, 0) is 51.3 Å². The minimum Gasteiger partial charge on any atom is -0.493 e. The number of rotatable bonds is 6. The first kappa shape index (κ1) is 21.2. The minimum absolute atomic E-state index is 0. The second kappa shape index (κ2) is 8.53. The molecule has 0 aliphatic carbocycles. The third-order valence-corrected chi connectivity index (χ3v) is 3.95. The molecule has 2 rings (SSSR count). The zero-order valence-corrected chi connectivity index (χ0v) is 17.2. The maximum absolute atomic E-state index is 5.93. The average molecular weight is 414 g/mol. The van der Waals surface area contributed by atoms with E-state index < -0.39 is 5.66 Å². The van der Waals surface area contributed by atoms with Crippen LogP contribution in [0.5, 0.6) is 5.75 Å². The van der Waals surface area contributed by atoms with Gasteiger partial charge in [-0.2, -0.15) is 10.1 Å². The van der Waals surface area contributed by atoms with Gasteiger partial charge < -0.3 is 16.2 Å². The van der Waals surface area contributed by atoms with Crippen molar-refractivity contribution in [3.05, 3.63) is 28.8 Å². The summed E-state index contributed by atoms with van der Waals surface area (Å²) in [5.41, 5.74) is 14.3. The zero-order valence-electron chi connectivity index (χ0n) is 15.5. The molecule has 0 atom stereocenters. The van der Waals surface area contributed by atoms with Crippen LogP contribution in [0.1, 0.15) is 37.0 Å². The van der Waals surface area contributed by atoms with Crippen molar-refractivity contribution in [2.75, 3.05) is 13.2 Å². The van der Waals surface area contributed by atoms with Gasteiger partial charge >= 0.3 is 0 Å². The summed E-state index contributed by atoms with van der Waals surface area (Å²) in [6.07, 6.45) is 0.714. The molecule has 0 fully saturated rings. The van der Waals surface area contributed by atoms with Crippen molar-refractivity contribution in [3.63, 3.8) is 0 Å². The normalized spacial score (nSPS) is 16.0. The fourth-order valence-corrected chi connectivity index (χ4v) is 2.55. The van der Waals surface area contributed by atoms with E-state index in [1.165, 1.54) is 16.2 Å². The number of benzene rings is 1. The molecule has 7 nitrogen and oxygen atoms in total. The van der Waals surface area contributed by atoms with Crippen LogP contribution in [-0.4, -0.2) is 35.9 Å². The van der Waals surface area contributed by atoms with E-state index in [0.717, 1.165) is 11.3 Å². The Balaban J connectivity index is 0.00000312. The second-order valence-corrected chi connectivity index (χ2v) is 6.42. The van der Waals surface area contributed by atoms with Crippen LogP contribution in [0.15, 0.2) is 22.1 Å². The van der Waals surface area contributed by atoms with Crippen LogP contribution in [0.4, 0.5) is 0 Å². The number of hydrogen-bond acceptors (Lipinski definition) is 7. The number of halogens is 1. The summed E-state index contributed by atoms with van der Waals surface area (Å²) in [5.74, 6) is 1.32.